The molecular weight excluding hydrogens is 303 g/mol. The van der Waals surface area contributed by atoms with Crippen LogP contribution in [0.5, 0.6) is 0 Å². The van der Waals surface area contributed by atoms with Crippen LogP contribution < -0.4 is 0 Å². The van der Waals surface area contributed by atoms with Crippen LogP contribution in [0.2, 0.25) is 0 Å². The molecule has 22 heavy (non-hydrogen) atoms. The molecule has 0 saturated heterocycles. The van der Waals surface area contributed by atoms with E-state index in [1.54, 1.807) is 0 Å². The van der Waals surface area contributed by atoms with Gasteiger partial charge in [0.15, 0.2) is 17.5 Å². The van der Waals surface area contributed by atoms with Gasteiger partial charge in [-0.1, -0.05) is 0 Å². The van der Waals surface area contributed by atoms with Gasteiger partial charge in [0, 0.05) is 5.56 Å². The molecule has 0 saturated carbocycles. The first-order valence-electron chi connectivity index (χ1n) is 6.05. The first-order chi connectivity index (χ1) is 10.4. The molecule has 2 aromatic carbocycles. The zero-order valence-corrected chi connectivity index (χ0v) is 11.2. The smallest absolute Gasteiger partial charge is 0.194 e. The summed E-state index contributed by atoms with van der Waals surface area (Å²) in [5, 5.41) is 6.80. The molecule has 2 nitrogen and oxygen atoms in total. The highest BCUT2D eigenvalue weighted by Gasteiger charge is 2.09. The highest BCUT2D eigenvalue weighted by molar-refractivity contribution is 5.83. The number of halogens is 5. The third kappa shape index (κ3) is 3.55. The molecule has 0 amide bonds. The molecule has 0 aliphatic rings. The van der Waals surface area contributed by atoms with E-state index in [0.29, 0.717) is 17.7 Å². The maximum Gasteiger partial charge on any atom is 0.194 e. The Bertz CT molecular complexity index is 723. The van der Waals surface area contributed by atoms with Gasteiger partial charge in [0.25, 0.3) is 0 Å². The summed E-state index contributed by atoms with van der Waals surface area (Å²) in [6.45, 7) is 1.53. The summed E-state index contributed by atoms with van der Waals surface area (Å²) < 4.78 is 65.6. The summed E-state index contributed by atoms with van der Waals surface area (Å²) in [4.78, 5) is 0. The Labute approximate surface area is 122 Å². The van der Waals surface area contributed by atoms with Gasteiger partial charge in [0.1, 0.15) is 11.6 Å². The summed E-state index contributed by atoms with van der Waals surface area (Å²) >= 11 is 0. The molecular formula is C15H9F5N2. The average Bonchev–Trinajstić information content (AvgIpc) is 2.42. The lowest BCUT2D eigenvalue weighted by Gasteiger charge is -1.99. The number of rotatable bonds is 3. The van der Waals surface area contributed by atoms with E-state index in [1.165, 1.54) is 6.92 Å². The van der Waals surface area contributed by atoms with Crippen molar-refractivity contribution >= 4 is 12.4 Å². The molecule has 0 radical (unpaired) electrons. The van der Waals surface area contributed by atoms with Crippen molar-refractivity contribution in [2.75, 3.05) is 0 Å². The summed E-state index contributed by atoms with van der Waals surface area (Å²) in [6.07, 6.45) is 1.75. The first kappa shape index (κ1) is 15.8. The molecule has 0 N–H and O–H groups in total. The second kappa shape index (κ2) is 6.46. The van der Waals surface area contributed by atoms with Crippen LogP contribution in [0.25, 0.3) is 0 Å². The fraction of sp³-hybridized carbons (Fsp3) is 0.0667. The van der Waals surface area contributed by atoms with Crippen LogP contribution in [0.15, 0.2) is 34.5 Å². The van der Waals surface area contributed by atoms with Crippen molar-refractivity contribution in [1.82, 2.24) is 0 Å². The van der Waals surface area contributed by atoms with E-state index in [4.69, 9.17) is 0 Å². The van der Waals surface area contributed by atoms with Crippen LogP contribution >= 0.6 is 0 Å². The van der Waals surface area contributed by atoms with Gasteiger partial charge in [-0.15, -0.1) is 0 Å². The van der Waals surface area contributed by atoms with Crippen molar-refractivity contribution in [1.29, 1.82) is 0 Å². The van der Waals surface area contributed by atoms with Crippen molar-refractivity contribution < 1.29 is 22.0 Å². The molecule has 2 rings (SSSR count). The SMILES string of the molecule is Cc1cc(F)c(/C=N/N=C/c2cc(F)c(F)c(F)c2)c(F)c1. The molecule has 0 bridgehead atoms. The van der Waals surface area contributed by atoms with E-state index in [-0.39, 0.29) is 11.1 Å². The monoisotopic (exact) mass is 312 g/mol. The Morgan fingerprint density at radius 1 is 0.727 bits per heavy atom. The van der Waals surface area contributed by atoms with E-state index >= 15 is 0 Å². The molecule has 0 aliphatic carbocycles. The molecule has 7 heteroatoms. The standard InChI is InChI=1S/C15H9F5N2/c1-8-2-11(16)10(12(17)3-8)7-22-21-6-9-4-13(18)15(20)14(19)5-9/h2-7H,1H3/b21-6+,22-7+. The molecule has 0 spiro atoms. The third-order valence-electron chi connectivity index (χ3n) is 2.69. The quantitative estimate of drug-likeness (QED) is 0.352. The van der Waals surface area contributed by atoms with Crippen LogP contribution in [0.4, 0.5) is 22.0 Å². The van der Waals surface area contributed by atoms with Crippen LogP contribution in [-0.2, 0) is 0 Å². The summed E-state index contributed by atoms with van der Waals surface area (Å²) in [6, 6.07) is 3.67. The second-order valence-corrected chi connectivity index (χ2v) is 4.43. The third-order valence-corrected chi connectivity index (χ3v) is 2.69. The van der Waals surface area contributed by atoms with Crippen molar-refractivity contribution in [2.45, 2.75) is 6.92 Å². The van der Waals surface area contributed by atoms with Crippen molar-refractivity contribution in [3.63, 3.8) is 0 Å². The largest absolute Gasteiger partial charge is 0.206 e. The van der Waals surface area contributed by atoms with Gasteiger partial charge in [-0.25, -0.2) is 22.0 Å². The van der Waals surface area contributed by atoms with Crippen LogP contribution in [0, 0.1) is 36.0 Å². The van der Waals surface area contributed by atoms with Gasteiger partial charge in [-0.3, -0.25) is 0 Å². The van der Waals surface area contributed by atoms with Gasteiger partial charge in [-0.05, 0) is 36.8 Å². The summed E-state index contributed by atoms with van der Waals surface area (Å²) in [7, 11) is 0. The lowest BCUT2D eigenvalue weighted by molar-refractivity contribution is 0.447. The lowest BCUT2D eigenvalue weighted by Crippen LogP contribution is -1.95. The molecule has 0 aliphatic heterocycles. The highest BCUT2D eigenvalue weighted by atomic mass is 19.2. The summed E-state index contributed by atoms with van der Waals surface area (Å²) in [5.41, 5.74) is -0.0643. The topological polar surface area (TPSA) is 24.7 Å². The van der Waals surface area contributed by atoms with E-state index in [1.807, 2.05) is 0 Å². The Balaban J connectivity index is 2.19. The maximum atomic E-state index is 13.5. The number of hydrogen-bond acceptors (Lipinski definition) is 2. The van der Waals surface area contributed by atoms with Crippen LogP contribution in [0.3, 0.4) is 0 Å². The minimum absolute atomic E-state index is 0.0848. The Morgan fingerprint density at radius 2 is 1.23 bits per heavy atom. The van der Waals surface area contributed by atoms with Crippen molar-refractivity contribution in [3.8, 4) is 0 Å². The van der Waals surface area contributed by atoms with Gasteiger partial charge < -0.3 is 0 Å². The maximum absolute atomic E-state index is 13.5. The Morgan fingerprint density at radius 3 is 1.77 bits per heavy atom. The fourth-order valence-electron chi connectivity index (χ4n) is 1.68. The van der Waals surface area contributed by atoms with E-state index in [2.05, 4.69) is 10.2 Å². The van der Waals surface area contributed by atoms with E-state index < -0.39 is 29.1 Å². The normalized spacial score (nSPS) is 11.7. The molecule has 0 fully saturated rings. The van der Waals surface area contributed by atoms with Gasteiger partial charge in [0.05, 0.1) is 18.0 Å². The van der Waals surface area contributed by atoms with E-state index in [0.717, 1.165) is 24.6 Å². The van der Waals surface area contributed by atoms with Crippen LogP contribution in [-0.4, -0.2) is 12.4 Å². The Hall–Kier alpha value is -2.57. The summed E-state index contributed by atoms with van der Waals surface area (Å²) in [5.74, 6) is -5.96. The first-order valence-corrected chi connectivity index (χ1v) is 6.05. The number of nitrogens with zero attached hydrogens (tertiary/aromatic N) is 2. The number of hydrogen-bond donors (Lipinski definition) is 0. The molecule has 0 aromatic heterocycles. The molecule has 2 aromatic rings. The van der Waals surface area contributed by atoms with Crippen molar-refractivity contribution in [2.24, 2.45) is 10.2 Å². The van der Waals surface area contributed by atoms with Gasteiger partial charge >= 0.3 is 0 Å². The predicted octanol–water partition coefficient (Wildman–Crippen LogP) is 4.14. The average molecular weight is 312 g/mol. The zero-order valence-electron chi connectivity index (χ0n) is 11.2. The van der Waals surface area contributed by atoms with Gasteiger partial charge in [0.2, 0.25) is 0 Å². The fourth-order valence-corrected chi connectivity index (χ4v) is 1.68. The minimum Gasteiger partial charge on any atom is -0.206 e. The van der Waals surface area contributed by atoms with E-state index in [9.17, 15) is 22.0 Å². The highest BCUT2D eigenvalue weighted by Crippen LogP contribution is 2.14. The van der Waals surface area contributed by atoms with Gasteiger partial charge in [-0.2, -0.15) is 10.2 Å². The number of benzene rings is 2. The van der Waals surface area contributed by atoms with Crippen molar-refractivity contribution in [3.05, 3.63) is 70.0 Å². The molecule has 0 heterocycles. The molecule has 114 valence electrons. The zero-order chi connectivity index (χ0) is 16.3. The number of aryl methyl sites for hydroxylation is 1. The lowest BCUT2D eigenvalue weighted by atomic mass is 10.1. The molecule has 0 unspecified atom stereocenters. The minimum atomic E-state index is -1.59. The Kier molecular flexibility index (Phi) is 4.65. The predicted molar refractivity (Wildman–Crippen MR) is 72.6 cm³/mol. The van der Waals surface area contributed by atoms with Crippen LogP contribution in [0.1, 0.15) is 16.7 Å². The second-order valence-electron chi connectivity index (χ2n) is 4.43. The molecule has 0 atom stereocenters.